The van der Waals surface area contributed by atoms with Crippen molar-refractivity contribution in [1.82, 2.24) is 14.8 Å². The summed E-state index contributed by atoms with van der Waals surface area (Å²) in [7, 11) is 0. The lowest BCUT2D eigenvalue weighted by Gasteiger charge is -2.35. The first-order valence-electron chi connectivity index (χ1n) is 13.3. The number of carbonyl (C=O) groups is 3. The third kappa shape index (κ3) is 8.02. The van der Waals surface area contributed by atoms with E-state index in [-0.39, 0.29) is 59.6 Å². The Bertz CT molecular complexity index is 1450. The first kappa shape index (κ1) is 32.0. The number of anilines is 2. The Balaban J connectivity index is 0.00000237. The summed E-state index contributed by atoms with van der Waals surface area (Å²) in [6.45, 7) is 9.99. The van der Waals surface area contributed by atoms with Crippen LogP contribution in [-0.4, -0.2) is 76.0 Å². The highest BCUT2D eigenvalue weighted by Gasteiger charge is 2.32. The third-order valence-electron chi connectivity index (χ3n) is 5.94. The summed E-state index contributed by atoms with van der Waals surface area (Å²) in [6, 6.07) is 9.40. The Kier molecular flexibility index (Phi) is 9.87. The highest BCUT2D eigenvalue weighted by Crippen LogP contribution is 2.35. The monoisotopic (exact) mass is 590 g/mol. The number of nitrogens with one attached hydrogen (secondary N) is 1. The van der Waals surface area contributed by atoms with Crippen molar-refractivity contribution in [3.63, 3.8) is 0 Å². The molecule has 10 nitrogen and oxygen atoms in total. The molecule has 1 saturated heterocycles. The zero-order valence-corrected chi connectivity index (χ0v) is 23.9. The maximum absolute atomic E-state index is 13.7. The molecular formula is C29H33F3N4O6. The van der Waals surface area contributed by atoms with Crippen LogP contribution in [0, 0.1) is 0 Å². The van der Waals surface area contributed by atoms with Crippen LogP contribution in [0.1, 0.15) is 55.3 Å². The molecule has 2 N–H and O–H groups in total. The number of fused-ring (bicyclic) bond motifs is 1. The van der Waals surface area contributed by atoms with Gasteiger partial charge >= 0.3 is 18.4 Å². The number of rotatable bonds is 5. The summed E-state index contributed by atoms with van der Waals surface area (Å²) in [5.74, 6) is -2.28. The largest absolute Gasteiger partial charge is 0.573 e. The molecule has 0 spiro atoms. The number of aromatic carboxylic acids is 1. The van der Waals surface area contributed by atoms with Gasteiger partial charge in [0.05, 0.1) is 28.0 Å². The molecule has 1 aliphatic rings. The van der Waals surface area contributed by atoms with Crippen molar-refractivity contribution in [2.24, 2.45) is 0 Å². The number of benzene rings is 2. The van der Waals surface area contributed by atoms with Gasteiger partial charge in [-0.2, -0.15) is 0 Å². The summed E-state index contributed by atoms with van der Waals surface area (Å²) in [6.07, 6.45) is -4.18. The number of carbonyl (C=O) groups excluding carboxylic acids is 2. The van der Waals surface area contributed by atoms with Crippen LogP contribution in [-0.2, 0) is 4.74 Å². The fourth-order valence-corrected chi connectivity index (χ4v) is 4.17. The molecule has 1 aromatic heterocycles. The van der Waals surface area contributed by atoms with Gasteiger partial charge in [-0.1, -0.05) is 26.0 Å². The van der Waals surface area contributed by atoms with E-state index < -0.39 is 35.7 Å². The lowest BCUT2D eigenvalue weighted by Crippen LogP contribution is -2.51. The number of carboxylic acid groups (broad SMARTS) is 1. The Morgan fingerprint density at radius 2 is 1.55 bits per heavy atom. The minimum absolute atomic E-state index is 0.00238. The van der Waals surface area contributed by atoms with E-state index in [1.165, 1.54) is 40.3 Å². The number of hydrogen-bond donors (Lipinski definition) is 2. The van der Waals surface area contributed by atoms with Gasteiger partial charge in [-0.05, 0) is 51.1 Å². The van der Waals surface area contributed by atoms with Crippen LogP contribution in [0.15, 0.2) is 48.7 Å². The zero-order chi connectivity index (χ0) is 31.2. The second-order valence-corrected chi connectivity index (χ2v) is 10.0. The van der Waals surface area contributed by atoms with Gasteiger partial charge in [0, 0.05) is 37.8 Å². The fourth-order valence-electron chi connectivity index (χ4n) is 4.17. The van der Waals surface area contributed by atoms with Gasteiger partial charge in [0.25, 0.3) is 5.91 Å². The molecular weight excluding hydrogens is 557 g/mol. The second kappa shape index (κ2) is 13.0. The van der Waals surface area contributed by atoms with Gasteiger partial charge in [-0.15, -0.1) is 13.2 Å². The smallest absolute Gasteiger partial charge is 0.478 e. The number of halogens is 3. The Morgan fingerprint density at radius 1 is 0.929 bits per heavy atom. The lowest BCUT2D eigenvalue weighted by molar-refractivity contribution is -0.274. The Hall–Kier alpha value is -4.55. The van der Waals surface area contributed by atoms with E-state index in [4.69, 9.17) is 4.74 Å². The molecule has 0 aliphatic carbocycles. The zero-order valence-electron chi connectivity index (χ0n) is 23.9. The Labute approximate surface area is 241 Å². The van der Waals surface area contributed by atoms with E-state index in [2.05, 4.69) is 15.0 Å². The lowest BCUT2D eigenvalue weighted by atomic mass is 10.1. The van der Waals surface area contributed by atoms with E-state index in [1.54, 1.807) is 26.8 Å². The SMILES string of the molecule is CC.CC(C)(C)OC(=O)N1CCN(C(=O)c2cnc3ccc(OC(F)(F)F)cc3c2Nc2ccccc2C(=O)O)CC1. The number of para-hydroxylation sites is 1. The molecule has 0 saturated carbocycles. The predicted molar refractivity (Wildman–Crippen MR) is 150 cm³/mol. The number of piperazine rings is 1. The molecule has 42 heavy (non-hydrogen) atoms. The van der Waals surface area contributed by atoms with Crippen molar-refractivity contribution in [3.8, 4) is 5.75 Å². The van der Waals surface area contributed by atoms with Crippen LogP contribution in [0.3, 0.4) is 0 Å². The van der Waals surface area contributed by atoms with Crippen molar-refractivity contribution in [2.75, 3.05) is 31.5 Å². The maximum Gasteiger partial charge on any atom is 0.573 e. The summed E-state index contributed by atoms with van der Waals surface area (Å²) >= 11 is 0. The summed E-state index contributed by atoms with van der Waals surface area (Å²) in [5.41, 5.74) is -0.361. The normalized spacial score (nSPS) is 13.6. The Morgan fingerprint density at radius 3 is 2.14 bits per heavy atom. The van der Waals surface area contributed by atoms with Gasteiger partial charge in [-0.25, -0.2) is 9.59 Å². The van der Waals surface area contributed by atoms with Gasteiger partial charge < -0.3 is 29.7 Å². The van der Waals surface area contributed by atoms with Gasteiger partial charge in [0.2, 0.25) is 0 Å². The number of alkyl halides is 3. The number of ether oxygens (including phenoxy) is 2. The third-order valence-corrected chi connectivity index (χ3v) is 5.94. The molecule has 2 aromatic carbocycles. The molecule has 3 aromatic rings. The maximum atomic E-state index is 13.7. The molecule has 13 heteroatoms. The summed E-state index contributed by atoms with van der Waals surface area (Å²) in [4.78, 5) is 45.1. The van der Waals surface area contributed by atoms with Crippen LogP contribution in [0.4, 0.5) is 29.3 Å². The number of nitrogens with zero attached hydrogens (tertiary/aromatic N) is 3. The van der Waals surface area contributed by atoms with Gasteiger partial charge in [-0.3, -0.25) is 9.78 Å². The predicted octanol–water partition coefficient (Wildman–Crippen LogP) is 6.29. The first-order valence-corrected chi connectivity index (χ1v) is 13.3. The number of carboxylic acids is 1. The highest BCUT2D eigenvalue weighted by atomic mass is 19.4. The van der Waals surface area contributed by atoms with Crippen molar-refractivity contribution >= 4 is 40.2 Å². The van der Waals surface area contributed by atoms with Crippen molar-refractivity contribution in [1.29, 1.82) is 0 Å². The molecule has 0 unspecified atom stereocenters. The molecule has 1 fully saturated rings. The van der Waals surface area contributed by atoms with Crippen LogP contribution >= 0.6 is 0 Å². The fraction of sp³-hybridized carbons (Fsp3) is 0.379. The molecule has 0 radical (unpaired) electrons. The van der Waals surface area contributed by atoms with Gasteiger partial charge in [0.15, 0.2) is 0 Å². The molecule has 2 heterocycles. The average Bonchev–Trinajstić information content (AvgIpc) is 2.92. The van der Waals surface area contributed by atoms with Crippen molar-refractivity contribution in [2.45, 2.75) is 46.6 Å². The van der Waals surface area contributed by atoms with E-state index >= 15 is 0 Å². The van der Waals surface area contributed by atoms with E-state index in [1.807, 2.05) is 13.8 Å². The number of pyridine rings is 1. The molecule has 2 amide bonds. The van der Waals surface area contributed by atoms with Crippen LogP contribution in [0.5, 0.6) is 5.75 Å². The van der Waals surface area contributed by atoms with E-state index in [9.17, 15) is 32.7 Å². The number of hydrogen-bond acceptors (Lipinski definition) is 7. The summed E-state index contributed by atoms with van der Waals surface area (Å²) in [5, 5.41) is 12.7. The summed E-state index contributed by atoms with van der Waals surface area (Å²) < 4.78 is 48.3. The molecule has 4 rings (SSSR count). The van der Waals surface area contributed by atoms with Crippen molar-refractivity contribution < 1.29 is 42.1 Å². The van der Waals surface area contributed by atoms with E-state index in [0.29, 0.717) is 0 Å². The number of amides is 2. The molecule has 0 bridgehead atoms. The molecule has 0 atom stereocenters. The van der Waals surface area contributed by atoms with Gasteiger partial charge in [0.1, 0.15) is 11.4 Å². The van der Waals surface area contributed by atoms with Crippen molar-refractivity contribution in [3.05, 3.63) is 59.8 Å². The standard InChI is InChI=1S/C27H27F3N4O6.C2H6/c1-26(2,3)40-25(38)34-12-10-33(11-13-34)23(35)19-15-31-20-9-8-16(39-27(28,29)30)14-18(20)22(19)32-21-7-5-4-6-17(21)24(36)37;1-2/h4-9,14-15H,10-13H2,1-3H3,(H,31,32)(H,36,37);1-2H3. The topological polar surface area (TPSA) is 121 Å². The minimum atomic E-state index is -4.95. The van der Waals surface area contributed by atoms with Crippen LogP contribution < -0.4 is 10.1 Å². The van der Waals surface area contributed by atoms with Crippen LogP contribution in [0.25, 0.3) is 10.9 Å². The minimum Gasteiger partial charge on any atom is -0.478 e. The quantitative estimate of drug-likeness (QED) is 0.356. The number of aromatic nitrogens is 1. The highest BCUT2D eigenvalue weighted by molar-refractivity contribution is 6.09. The second-order valence-electron chi connectivity index (χ2n) is 10.0. The molecule has 1 aliphatic heterocycles. The average molecular weight is 591 g/mol. The van der Waals surface area contributed by atoms with E-state index in [0.717, 1.165) is 12.1 Å². The molecule has 226 valence electrons. The first-order chi connectivity index (χ1) is 19.7. The van der Waals surface area contributed by atoms with Crippen LogP contribution in [0.2, 0.25) is 0 Å².